The second kappa shape index (κ2) is 7.32. The number of hydrogen-bond donors (Lipinski definition) is 2. The van der Waals surface area contributed by atoms with Crippen molar-refractivity contribution >= 4 is 28.0 Å². The molecule has 4 aromatic rings. The van der Waals surface area contributed by atoms with E-state index >= 15 is 0 Å². The van der Waals surface area contributed by atoms with E-state index < -0.39 is 11.8 Å². The molecule has 7 rings (SSSR count). The van der Waals surface area contributed by atoms with Gasteiger partial charge in [-0.2, -0.15) is 0 Å². The highest BCUT2D eigenvalue weighted by atomic mass is 19.1. The number of aromatic amines is 1. The molecule has 7 nitrogen and oxygen atoms in total. The fourth-order valence-electron chi connectivity index (χ4n) is 5.94. The van der Waals surface area contributed by atoms with Gasteiger partial charge in [-0.25, -0.2) is 24.3 Å². The number of carboxylic acid groups (broad SMARTS) is 1. The van der Waals surface area contributed by atoms with Crippen LogP contribution in [0.1, 0.15) is 31.4 Å². The number of fused-ring (bicyclic) bond motifs is 5. The molecule has 0 radical (unpaired) electrons. The molecule has 3 aliphatic rings. The summed E-state index contributed by atoms with van der Waals surface area (Å²) in [6.07, 6.45) is 9.33. The highest BCUT2D eigenvalue weighted by Crippen LogP contribution is 2.50. The zero-order chi connectivity index (χ0) is 21.8. The lowest BCUT2D eigenvalue weighted by molar-refractivity contribution is -0.152. The fourth-order valence-corrected chi connectivity index (χ4v) is 5.94. The molecule has 3 saturated carbocycles. The quantitative estimate of drug-likeness (QED) is 0.497. The monoisotopic (exact) mass is 431 g/mol. The maximum Gasteiger partial charge on any atom is 0.307 e. The van der Waals surface area contributed by atoms with Crippen LogP contribution in [0.2, 0.25) is 0 Å². The third kappa shape index (κ3) is 3.04. The molecule has 162 valence electrons. The molecule has 0 aromatic carbocycles. The van der Waals surface area contributed by atoms with Crippen LogP contribution in [0.3, 0.4) is 0 Å². The Morgan fingerprint density at radius 2 is 1.94 bits per heavy atom. The predicted molar refractivity (Wildman–Crippen MR) is 116 cm³/mol. The molecule has 2 atom stereocenters. The molecule has 0 saturated heterocycles. The van der Waals surface area contributed by atoms with Gasteiger partial charge in [0.05, 0.1) is 17.8 Å². The average Bonchev–Trinajstić information content (AvgIpc) is 3.22. The highest BCUT2D eigenvalue weighted by molar-refractivity contribution is 5.92. The van der Waals surface area contributed by atoms with Crippen molar-refractivity contribution in [2.24, 2.45) is 23.7 Å². The van der Waals surface area contributed by atoms with E-state index in [-0.39, 0.29) is 17.8 Å². The third-order valence-electron chi connectivity index (χ3n) is 7.39. The Balaban J connectivity index is 1.48. The summed E-state index contributed by atoms with van der Waals surface area (Å²) in [5, 5.41) is 11.4. The number of aliphatic carboxylic acids is 1. The van der Waals surface area contributed by atoms with Gasteiger partial charge in [-0.05, 0) is 68.1 Å². The topological polar surface area (TPSA) is 105 Å². The van der Waals surface area contributed by atoms with Crippen LogP contribution in [0.4, 0.5) is 4.39 Å². The normalized spacial score (nSPS) is 24.9. The first-order chi connectivity index (χ1) is 15.6. The minimum Gasteiger partial charge on any atom is -0.481 e. The van der Waals surface area contributed by atoms with E-state index in [1.54, 1.807) is 12.4 Å². The minimum atomic E-state index is -0.695. The van der Waals surface area contributed by atoms with Crippen molar-refractivity contribution in [1.82, 2.24) is 24.9 Å². The fraction of sp³-hybridized carbons (Fsp3) is 0.375. The molecule has 32 heavy (non-hydrogen) atoms. The van der Waals surface area contributed by atoms with Gasteiger partial charge in [-0.15, -0.1) is 0 Å². The largest absolute Gasteiger partial charge is 0.481 e. The first-order valence-electron chi connectivity index (χ1n) is 11.1. The Hall–Kier alpha value is -3.42. The van der Waals surface area contributed by atoms with Gasteiger partial charge >= 0.3 is 5.97 Å². The molecule has 0 aliphatic heterocycles. The van der Waals surface area contributed by atoms with Crippen LogP contribution in [0.5, 0.6) is 0 Å². The van der Waals surface area contributed by atoms with Crippen LogP contribution in [0.25, 0.3) is 33.5 Å². The maximum absolute atomic E-state index is 13.9. The SMILES string of the molecule is O=C(O)C1C2CCC(CC2)C1Cc1nc(-c2c[nH]c3ncc(F)cc23)nc2ncccc12. The molecule has 3 fully saturated rings. The van der Waals surface area contributed by atoms with Crippen molar-refractivity contribution in [3.05, 3.63) is 48.3 Å². The second-order valence-electron chi connectivity index (χ2n) is 9.03. The summed E-state index contributed by atoms with van der Waals surface area (Å²) in [5.74, 6) is -0.322. The van der Waals surface area contributed by atoms with E-state index in [4.69, 9.17) is 4.98 Å². The van der Waals surface area contributed by atoms with E-state index in [0.29, 0.717) is 40.4 Å². The Labute approximate surface area is 183 Å². The van der Waals surface area contributed by atoms with Crippen molar-refractivity contribution in [3.63, 3.8) is 0 Å². The lowest BCUT2D eigenvalue weighted by Crippen LogP contribution is -2.45. The number of H-pyrrole nitrogens is 1. The van der Waals surface area contributed by atoms with E-state index in [9.17, 15) is 14.3 Å². The van der Waals surface area contributed by atoms with Gasteiger partial charge in [-0.1, -0.05) is 0 Å². The third-order valence-corrected chi connectivity index (χ3v) is 7.39. The van der Waals surface area contributed by atoms with E-state index in [1.165, 1.54) is 12.3 Å². The lowest BCUT2D eigenvalue weighted by atomic mass is 9.57. The van der Waals surface area contributed by atoms with Gasteiger partial charge in [0, 0.05) is 28.7 Å². The average molecular weight is 431 g/mol. The van der Waals surface area contributed by atoms with Gasteiger partial charge in [0.2, 0.25) is 0 Å². The summed E-state index contributed by atoms with van der Waals surface area (Å²) in [7, 11) is 0. The standard InChI is InChI=1S/C24H22FN5O2/c25-14-8-17-18(11-28-21(17)27-10-14)23-29-19(15-2-1-7-26-22(15)30-23)9-16-12-3-5-13(6-4-12)20(16)24(31)32/h1-2,7-8,10-13,16,20H,3-6,9H2,(H,27,28)(H,31,32). The molecule has 4 heterocycles. The molecule has 4 aromatic heterocycles. The lowest BCUT2D eigenvalue weighted by Gasteiger charge is -2.46. The van der Waals surface area contributed by atoms with Crippen LogP contribution in [-0.4, -0.2) is 36.0 Å². The predicted octanol–water partition coefficient (Wildman–Crippen LogP) is 4.39. The van der Waals surface area contributed by atoms with Gasteiger partial charge in [0.1, 0.15) is 11.5 Å². The van der Waals surface area contributed by atoms with Gasteiger partial charge < -0.3 is 10.1 Å². The molecule has 2 bridgehead atoms. The van der Waals surface area contributed by atoms with E-state index in [2.05, 4.69) is 19.9 Å². The zero-order valence-electron chi connectivity index (χ0n) is 17.3. The molecule has 2 unspecified atom stereocenters. The number of rotatable bonds is 4. The number of carbonyl (C=O) groups is 1. The van der Waals surface area contributed by atoms with Crippen LogP contribution < -0.4 is 0 Å². The van der Waals surface area contributed by atoms with Crippen molar-refractivity contribution < 1.29 is 14.3 Å². The molecule has 8 heteroatoms. The zero-order valence-corrected chi connectivity index (χ0v) is 17.3. The molecule has 0 amide bonds. The first-order valence-corrected chi connectivity index (χ1v) is 11.1. The Kier molecular flexibility index (Phi) is 4.41. The second-order valence-corrected chi connectivity index (χ2v) is 9.03. The van der Waals surface area contributed by atoms with Crippen molar-refractivity contribution in [3.8, 4) is 11.4 Å². The summed E-state index contributed by atoms with van der Waals surface area (Å²) >= 11 is 0. The number of hydrogen-bond acceptors (Lipinski definition) is 5. The van der Waals surface area contributed by atoms with Crippen molar-refractivity contribution in [2.75, 3.05) is 0 Å². The Morgan fingerprint density at radius 1 is 1.12 bits per heavy atom. The Bertz CT molecular complexity index is 1340. The number of nitrogens with one attached hydrogen (secondary N) is 1. The van der Waals surface area contributed by atoms with Crippen LogP contribution in [0.15, 0.2) is 36.8 Å². The van der Waals surface area contributed by atoms with Crippen LogP contribution in [-0.2, 0) is 11.2 Å². The molecule has 0 spiro atoms. The summed E-state index contributed by atoms with van der Waals surface area (Å²) in [6, 6.07) is 5.21. The van der Waals surface area contributed by atoms with Crippen LogP contribution >= 0.6 is 0 Å². The van der Waals surface area contributed by atoms with Crippen molar-refractivity contribution in [2.45, 2.75) is 32.1 Å². The maximum atomic E-state index is 13.9. The van der Waals surface area contributed by atoms with Gasteiger partial charge in [0.25, 0.3) is 0 Å². The number of halogens is 1. The molecule has 3 aliphatic carbocycles. The van der Waals surface area contributed by atoms with Gasteiger partial charge in [0.15, 0.2) is 11.5 Å². The molecular formula is C24H22FN5O2. The number of aromatic nitrogens is 5. The highest BCUT2D eigenvalue weighted by Gasteiger charge is 2.47. The van der Waals surface area contributed by atoms with Gasteiger partial charge in [-0.3, -0.25) is 4.79 Å². The summed E-state index contributed by atoms with van der Waals surface area (Å²) < 4.78 is 13.9. The van der Waals surface area contributed by atoms with Crippen LogP contribution in [0, 0.1) is 29.5 Å². The number of carboxylic acids is 1. The van der Waals surface area contributed by atoms with E-state index in [0.717, 1.165) is 36.8 Å². The summed E-state index contributed by atoms with van der Waals surface area (Å²) in [5.41, 5.74) is 2.57. The summed E-state index contributed by atoms with van der Waals surface area (Å²) in [4.78, 5) is 33.3. The summed E-state index contributed by atoms with van der Waals surface area (Å²) in [6.45, 7) is 0. The molecule has 2 N–H and O–H groups in total. The first kappa shape index (κ1) is 19.3. The smallest absolute Gasteiger partial charge is 0.307 e. The number of pyridine rings is 2. The number of nitrogens with zero attached hydrogens (tertiary/aromatic N) is 4. The van der Waals surface area contributed by atoms with E-state index in [1.807, 2.05) is 12.1 Å². The minimum absolute atomic E-state index is 0.0493. The Morgan fingerprint density at radius 3 is 2.75 bits per heavy atom. The van der Waals surface area contributed by atoms with Crippen molar-refractivity contribution in [1.29, 1.82) is 0 Å². The molecular weight excluding hydrogens is 409 g/mol.